The van der Waals surface area contributed by atoms with E-state index in [2.05, 4.69) is 25.2 Å². The van der Waals surface area contributed by atoms with Crippen molar-refractivity contribution in [2.45, 2.75) is 19.4 Å². The summed E-state index contributed by atoms with van der Waals surface area (Å²) >= 11 is 6.03. The lowest BCUT2D eigenvalue weighted by atomic mass is 9.96. The van der Waals surface area contributed by atoms with Crippen molar-refractivity contribution >= 4 is 34.4 Å². The summed E-state index contributed by atoms with van der Waals surface area (Å²) < 4.78 is 13.1. The molecule has 28 heavy (non-hydrogen) atoms. The fourth-order valence-corrected chi connectivity index (χ4v) is 3.67. The van der Waals surface area contributed by atoms with Crippen LogP contribution in [0, 0.1) is 11.7 Å². The van der Waals surface area contributed by atoms with Crippen LogP contribution < -0.4 is 10.2 Å². The molecule has 144 valence electrons. The maximum Gasteiger partial charge on any atom is 0.225 e. The van der Waals surface area contributed by atoms with E-state index in [1.165, 1.54) is 12.1 Å². The molecule has 1 aliphatic heterocycles. The van der Waals surface area contributed by atoms with E-state index in [-0.39, 0.29) is 18.4 Å². The Kier molecular flexibility index (Phi) is 5.34. The lowest BCUT2D eigenvalue weighted by molar-refractivity contribution is -0.125. The number of piperidine rings is 1. The van der Waals surface area contributed by atoms with Gasteiger partial charge in [0, 0.05) is 37.1 Å². The molecule has 1 N–H and O–H groups in total. The molecule has 2 aromatic heterocycles. The zero-order valence-corrected chi connectivity index (χ0v) is 15.9. The van der Waals surface area contributed by atoms with Crippen molar-refractivity contribution in [1.29, 1.82) is 0 Å². The molecule has 4 rings (SSSR count). The Morgan fingerprint density at radius 3 is 2.96 bits per heavy atom. The van der Waals surface area contributed by atoms with Crippen molar-refractivity contribution in [3.05, 3.63) is 59.3 Å². The molecule has 0 spiro atoms. The number of nitrogens with one attached hydrogen (secondary N) is 1. The molecule has 1 atom stereocenters. The third-order valence-electron chi connectivity index (χ3n) is 4.94. The van der Waals surface area contributed by atoms with Gasteiger partial charge < -0.3 is 10.2 Å². The van der Waals surface area contributed by atoms with Gasteiger partial charge in [-0.3, -0.25) is 9.78 Å². The van der Waals surface area contributed by atoms with E-state index < -0.39 is 5.82 Å². The predicted octanol–water partition coefficient (Wildman–Crippen LogP) is 3.35. The maximum absolute atomic E-state index is 13.1. The monoisotopic (exact) mass is 399 g/mol. The average molecular weight is 400 g/mol. The number of hydrogen-bond acceptors (Lipinski definition) is 5. The predicted molar refractivity (Wildman–Crippen MR) is 106 cm³/mol. The van der Waals surface area contributed by atoms with Gasteiger partial charge in [-0.25, -0.2) is 14.4 Å². The average Bonchev–Trinajstić information content (AvgIpc) is 2.72. The van der Waals surface area contributed by atoms with Crippen molar-refractivity contribution in [3.8, 4) is 0 Å². The molecule has 1 aromatic carbocycles. The highest BCUT2D eigenvalue weighted by atomic mass is 35.5. The Morgan fingerprint density at radius 1 is 1.25 bits per heavy atom. The van der Waals surface area contributed by atoms with E-state index in [1.54, 1.807) is 24.7 Å². The summed E-state index contributed by atoms with van der Waals surface area (Å²) in [7, 11) is 0. The lowest BCUT2D eigenvalue weighted by Gasteiger charge is -2.33. The molecule has 6 nitrogen and oxygen atoms in total. The van der Waals surface area contributed by atoms with Crippen LogP contribution in [0.5, 0.6) is 0 Å². The van der Waals surface area contributed by atoms with Crippen LogP contribution in [0.4, 0.5) is 10.1 Å². The molecule has 1 amide bonds. The number of fused-ring (bicyclic) bond motifs is 1. The van der Waals surface area contributed by atoms with Gasteiger partial charge in [0.05, 0.1) is 17.8 Å². The van der Waals surface area contributed by atoms with E-state index in [9.17, 15) is 9.18 Å². The van der Waals surface area contributed by atoms with Crippen LogP contribution in [0.2, 0.25) is 5.02 Å². The van der Waals surface area contributed by atoms with Gasteiger partial charge in [-0.15, -0.1) is 0 Å². The number of anilines is 1. The summed E-state index contributed by atoms with van der Waals surface area (Å²) in [5, 5.41) is 3.23. The summed E-state index contributed by atoms with van der Waals surface area (Å²) in [6, 6.07) is 6.13. The van der Waals surface area contributed by atoms with Crippen LogP contribution in [0.15, 0.2) is 42.9 Å². The van der Waals surface area contributed by atoms with Gasteiger partial charge in [0.15, 0.2) is 5.65 Å². The first kappa shape index (κ1) is 18.6. The number of hydrogen-bond donors (Lipinski definition) is 1. The minimum absolute atomic E-state index is 0.0290. The highest BCUT2D eigenvalue weighted by molar-refractivity contribution is 6.31. The molecule has 0 saturated carbocycles. The molecule has 1 aliphatic rings. The molecule has 3 heterocycles. The summed E-state index contributed by atoms with van der Waals surface area (Å²) in [5.74, 6) is -0.555. The van der Waals surface area contributed by atoms with Crippen molar-refractivity contribution in [3.63, 3.8) is 0 Å². The van der Waals surface area contributed by atoms with Gasteiger partial charge in [0.25, 0.3) is 0 Å². The van der Waals surface area contributed by atoms with Crippen molar-refractivity contribution in [2.75, 3.05) is 18.0 Å². The Bertz CT molecular complexity index is 1010. The van der Waals surface area contributed by atoms with Crippen LogP contribution in [-0.2, 0) is 11.3 Å². The number of rotatable bonds is 4. The fraction of sp³-hybridized carbons (Fsp3) is 0.300. The molecular weight excluding hydrogens is 381 g/mol. The number of nitrogens with zero attached hydrogens (tertiary/aromatic N) is 4. The number of aromatic nitrogens is 3. The van der Waals surface area contributed by atoms with E-state index in [4.69, 9.17) is 11.6 Å². The summed E-state index contributed by atoms with van der Waals surface area (Å²) in [6.07, 6.45) is 6.76. The third kappa shape index (κ3) is 4.04. The summed E-state index contributed by atoms with van der Waals surface area (Å²) in [5.41, 5.74) is 2.97. The highest BCUT2D eigenvalue weighted by Gasteiger charge is 2.26. The highest BCUT2D eigenvalue weighted by Crippen LogP contribution is 2.25. The molecule has 0 bridgehead atoms. The zero-order chi connectivity index (χ0) is 19.5. The molecule has 1 fully saturated rings. The SMILES string of the molecule is O=C(NCc1ccc(F)cc1Cl)[C@H]1CCCN(c2cnc3nccnc3c2)C1. The van der Waals surface area contributed by atoms with Crippen LogP contribution in [0.25, 0.3) is 11.2 Å². The Labute approximate surface area is 166 Å². The van der Waals surface area contributed by atoms with Crippen LogP contribution in [-0.4, -0.2) is 33.9 Å². The Balaban J connectivity index is 1.41. The first-order valence-electron chi connectivity index (χ1n) is 9.13. The number of amides is 1. The molecular formula is C20H19ClFN5O. The first-order valence-corrected chi connectivity index (χ1v) is 9.51. The Morgan fingerprint density at radius 2 is 2.11 bits per heavy atom. The lowest BCUT2D eigenvalue weighted by Crippen LogP contribution is -2.43. The smallest absolute Gasteiger partial charge is 0.225 e. The van der Waals surface area contributed by atoms with Gasteiger partial charge in [0.2, 0.25) is 5.91 Å². The van der Waals surface area contributed by atoms with E-state index in [1.807, 2.05) is 6.07 Å². The van der Waals surface area contributed by atoms with Gasteiger partial charge in [0.1, 0.15) is 11.3 Å². The van der Waals surface area contributed by atoms with Gasteiger partial charge in [-0.05, 0) is 36.6 Å². The standard InChI is InChI=1S/C20H19ClFN5O/c21-17-8-15(22)4-3-13(17)10-26-20(28)14-2-1-7-27(12-14)16-9-18-19(25-11-16)24-6-5-23-18/h3-6,8-9,11,14H,1-2,7,10,12H2,(H,26,28)/t14-/m0/s1. The molecule has 0 radical (unpaired) electrons. The molecule has 0 aliphatic carbocycles. The van der Waals surface area contributed by atoms with Gasteiger partial charge >= 0.3 is 0 Å². The van der Waals surface area contributed by atoms with Crippen molar-refractivity contribution in [2.24, 2.45) is 5.92 Å². The molecule has 1 saturated heterocycles. The van der Waals surface area contributed by atoms with Gasteiger partial charge in [-0.2, -0.15) is 0 Å². The quantitative estimate of drug-likeness (QED) is 0.728. The normalized spacial score (nSPS) is 16.9. The number of carbonyl (C=O) groups is 1. The molecule has 8 heteroatoms. The fourth-order valence-electron chi connectivity index (χ4n) is 3.44. The summed E-state index contributed by atoms with van der Waals surface area (Å²) in [4.78, 5) is 27.6. The maximum atomic E-state index is 13.1. The van der Waals surface area contributed by atoms with Crippen LogP contribution >= 0.6 is 11.6 Å². The topological polar surface area (TPSA) is 71.0 Å². The molecule has 3 aromatic rings. The number of carbonyl (C=O) groups excluding carboxylic acids is 1. The molecule has 0 unspecified atom stereocenters. The number of benzene rings is 1. The second kappa shape index (κ2) is 8.06. The van der Waals surface area contributed by atoms with Gasteiger partial charge in [-0.1, -0.05) is 17.7 Å². The van der Waals surface area contributed by atoms with E-state index in [0.717, 1.165) is 30.6 Å². The van der Waals surface area contributed by atoms with Crippen LogP contribution in [0.1, 0.15) is 18.4 Å². The second-order valence-electron chi connectivity index (χ2n) is 6.83. The zero-order valence-electron chi connectivity index (χ0n) is 15.1. The minimum Gasteiger partial charge on any atom is -0.369 e. The Hall–Kier alpha value is -2.80. The van der Waals surface area contributed by atoms with Crippen molar-refractivity contribution in [1.82, 2.24) is 20.3 Å². The van der Waals surface area contributed by atoms with Crippen molar-refractivity contribution < 1.29 is 9.18 Å². The second-order valence-corrected chi connectivity index (χ2v) is 7.24. The third-order valence-corrected chi connectivity index (χ3v) is 5.29. The van der Waals surface area contributed by atoms with E-state index >= 15 is 0 Å². The van der Waals surface area contributed by atoms with Crippen LogP contribution in [0.3, 0.4) is 0 Å². The first-order chi connectivity index (χ1) is 13.6. The number of halogens is 2. The number of pyridine rings is 1. The largest absolute Gasteiger partial charge is 0.369 e. The minimum atomic E-state index is -0.392. The van der Waals surface area contributed by atoms with E-state index in [0.29, 0.717) is 22.8 Å². The summed E-state index contributed by atoms with van der Waals surface area (Å²) in [6.45, 7) is 1.75.